The van der Waals surface area contributed by atoms with Crippen molar-refractivity contribution in [1.82, 2.24) is 5.32 Å². The van der Waals surface area contributed by atoms with Gasteiger partial charge in [-0.25, -0.2) is 0 Å². The third-order valence-electron chi connectivity index (χ3n) is 3.47. The van der Waals surface area contributed by atoms with E-state index in [4.69, 9.17) is 0 Å². The van der Waals surface area contributed by atoms with Gasteiger partial charge >= 0.3 is 5.97 Å². The average Bonchev–Trinajstić information content (AvgIpc) is 3.16. The lowest BCUT2D eigenvalue weighted by atomic mass is 10.2. The molecule has 6 nitrogen and oxygen atoms in total. The zero-order chi connectivity index (χ0) is 18.1. The third kappa shape index (κ3) is 6.04. The molecule has 1 aromatic carbocycles. The Morgan fingerprint density at radius 1 is 1.04 bits per heavy atom. The van der Waals surface area contributed by atoms with E-state index in [0.29, 0.717) is 41.9 Å². The molecule has 0 spiro atoms. The highest BCUT2D eigenvalue weighted by molar-refractivity contribution is 7.12. The molecule has 1 heterocycles. The lowest BCUT2D eigenvalue weighted by Crippen LogP contribution is -2.24. The Morgan fingerprint density at radius 3 is 2.44 bits per heavy atom. The second kappa shape index (κ2) is 9.58. The van der Waals surface area contributed by atoms with E-state index in [2.05, 4.69) is 15.4 Å². The molecule has 0 aliphatic rings. The number of esters is 1. The SMILES string of the molecule is COC(=O)CCCCNC(=O)c1ccc(NC(=O)c2cccs2)cc1. The van der Waals surface area contributed by atoms with Gasteiger partial charge in [-0.1, -0.05) is 6.07 Å². The highest BCUT2D eigenvalue weighted by Gasteiger charge is 2.08. The van der Waals surface area contributed by atoms with Crippen LogP contribution in [0.15, 0.2) is 41.8 Å². The molecule has 2 rings (SSSR count). The first-order valence-electron chi connectivity index (χ1n) is 7.90. The van der Waals surface area contributed by atoms with Crippen molar-refractivity contribution in [1.29, 1.82) is 0 Å². The molecular formula is C18H20N2O4S. The Labute approximate surface area is 150 Å². The van der Waals surface area contributed by atoms with Gasteiger partial charge in [-0.3, -0.25) is 14.4 Å². The fourth-order valence-electron chi connectivity index (χ4n) is 2.11. The molecule has 0 atom stereocenters. The van der Waals surface area contributed by atoms with Gasteiger partial charge in [0.2, 0.25) is 0 Å². The van der Waals surface area contributed by atoms with Gasteiger partial charge in [0.15, 0.2) is 0 Å². The Hall–Kier alpha value is -2.67. The van der Waals surface area contributed by atoms with E-state index in [9.17, 15) is 14.4 Å². The summed E-state index contributed by atoms with van der Waals surface area (Å²) in [5.41, 5.74) is 1.15. The molecule has 0 saturated carbocycles. The molecular weight excluding hydrogens is 340 g/mol. The Morgan fingerprint density at radius 2 is 1.80 bits per heavy atom. The number of nitrogens with one attached hydrogen (secondary N) is 2. The molecule has 1 aromatic heterocycles. The van der Waals surface area contributed by atoms with Crippen molar-refractivity contribution in [2.45, 2.75) is 19.3 Å². The summed E-state index contributed by atoms with van der Waals surface area (Å²) in [5, 5.41) is 7.42. The van der Waals surface area contributed by atoms with E-state index in [0.717, 1.165) is 0 Å². The summed E-state index contributed by atoms with van der Waals surface area (Å²) in [6.07, 6.45) is 1.72. The summed E-state index contributed by atoms with van der Waals surface area (Å²) in [4.78, 5) is 35.6. The van der Waals surface area contributed by atoms with Crippen LogP contribution in [-0.4, -0.2) is 31.4 Å². The first-order chi connectivity index (χ1) is 12.1. The van der Waals surface area contributed by atoms with Gasteiger partial charge < -0.3 is 15.4 Å². The summed E-state index contributed by atoms with van der Waals surface area (Å²) in [6.45, 7) is 0.493. The number of methoxy groups -OCH3 is 1. The largest absolute Gasteiger partial charge is 0.469 e. The lowest BCUT2D eigenvalue weighted by Gasteiger charge is -2.07. The van der Waals surface area contributed by atoms with Crippen LogP contribution in [0, 0.1) is 0 Å². The van der Waals surface area contributed by atoms with Crippen molar-refractivity contribution >= 4 is 34.8 Å². The van der Waals surface area contributed by atoms with Crippen LogP contribution in [0.2, 0.25) is 0 Å². The third-order valence-corrected chi connectivity index (χ3v) is 4.34. The van der Waals surface area contributed by atoms with Gasteiger partial charge in [0.25, 0.3) is 11.8 Å². The van der Waals surface area contributed by atoms with Crippen LogP contribution < -0.4 is 10.6 Å². The fourth-order valence-corrected chi connectivity index (χ4v) is 2.72. The number of benzene rings is 1. The van der Waals surface area contributed by atoms with Gasteiger partial charge in [0, 0.05) is 24.2 Å². The summed E-state index contributed by atoms with van der Waals surface area (Å²) in [6, 6.07) is 10.3. The number of amides is 2. The number of ether oxygens (including phenoxy) is 1. The first kappa shape index (κ1) is 18.7. The topological polar surface area (TPSA) is 84.5 Å². The van der Waals surface area contributed by atoms with Crippen LogP contribution >= 0.6 is 11.3 Å². The minimum Gasteiger partial charge on any atom is -0.469 e. The highest BCUT2D eigenvalue weighted by atomic mass is 32.1. The first-order valence-corrected chi connectivity index (χ1v) is 8.78. The predicted molar refractivity (Wildman–Crippen MR) is 96.9 cm³/mol. The standard InChI is InChI=1S/C18H20N2O4S/c1-24-16(21)6-2-3-11-19-17(22)13-7-9-14(10-8-13)20-18(23)15-5-4-12-25-15/h4-5,7-10,12H,2-3,6,11H2,1H3,(H,19,22)(H,20,23). The normalized spacial score (nSPS) is 10.1. The van der Waals surface area contributed by atoms with Gasteiger partial charge in [-0.2, -0.15) is 0 Å². The maximum Gasteiger partial charge on any atom is 0.305 e. The number of hydrogen-bond acceptors (Lipinski definition) is 5. The molecule has 0 saturated heterocycles. The van der Waals surface area contributed by atoms with Crippen LogP contribution in [0.4, 0.5) is 5.69 Å². The van der Waals surface area contributed by atoms with Gasteiger partial charge in [0.1, 0.15) is 0 Å². The van der Waals surface area contributed by atoms with E-state index in [1.165, 1.54) is 18.4 Å². The van der Waals surface area contributed by atoms with Crippen LogP contribution in [0.5, 0.6) is 0 Å². The summed E-state index contributed by atoms with van der Waals surface area (Å²) in [7, 11) is 1.36. The molecule has 0 fully saturated rings. The Bertz CT molecular complexity index is 711. The van der Waals surface area contributed by atoms with E-state index in [-0.39, 0.29) is 17.8 Å². The number of anilines is 1. The number of hydrogen-bond donors (Lipinski definition) is 2. The maximum absolute atomic E-state index is 12.0. The van der Waals surface area contributed by atoms with E-state index >= 15 is 0 Å². The average molecular weight is 360 g/mol. The second-order valence-electron chi connectivity index (χ2n) is 5.30. The highest BCUT2D eigenvalue weighted by Crippen LogP contribution is 2.14. The number of carbonyl (C=O) groups excluding carboxylic acids is 3. The molecule has 132 valence electrons. The summed E-state index contributed by atoms with van der Waals surface area (Å²) in [5.74, 6) is -0.599. The number of thiophene rings is 1. The minimum atomic E-state index is -0.244. The lowest BCUT2D eigenvalue weighted by molar-refractivity contribution is -0.140. The van der Waals surface area contributed by atoms with E-state index in [1.807, 2.05) is 11.4 Å². The van der Waals surface area contributed by atoms with Crippen LogP contribution in [0.1, 0.15) is 39.3 Å². The van der Waals surface area contributed by atoms with Crippen LogP contribution in [0.3, 0.4) is 0 Å². The van der Waals surface area contributed by atoms with Crippen molar-refractivity contribution in [3.63, 3.8) is 0 Å². The molecule has 0 bridgehead atoms. The van der Waals surface area contributed by atoms with Gasteiger partial charge in [-0.05, 0) is 48.6 Å². The number of unbranched alkanes of at least 4 members (excludes halogenated alkanes) is 1. The van der Waals surface area contributed by atoms with Crippen molar-refractivity contribution < 1.29 is 19.1 Å². The fraction of sp³-hybridized carbons (Fsp3) is 0.278. The van der Waals surface area contributed by atoms with Crippen molar-refractivity contribution in [2.75, 3.05) is 19.0 Å². The number of rotatable bonds is 8. The minimum absolute atomic E-state index is 0.169. The molecule has 0 aliphatic heterocycles. The second-order valence-corrected chi connectivity index (χ2v) is 6.25. The summed E-state index contributed by atoms with van der Waals surface area (Å²) >= 11 is 1.37. The zero-order valence-corrected chi connectivity index (χ0v) is 14.7. The molecule has 2 amide bonds. The smallest absolute Gasteiger partial charge is 0.305 e. The Balaban J connectivity index is 1.76. The molecule has 0 unspecified atom stereocenters. The maximum atomic E-state index is 12.0. The molecule has 7 heteroatoms. The summed E-state index contributed by atoms with van der Waals surface area (Å²) < 4.78 is 4.55. The van der Waals surface area contributed by atoms with E-state index < -0.39 is 0 Å². The van der Waals surface area contributed by atoms with Crippen molar-refractivity contribution in [3.05, 3.63) is 52.2 Å². The predicted octanol–water partition coefficient (Wildman–Crippen LogP) is 3.07. The van der Waals surface area contributed by atoms with Crippen LogP contribution in [-0.2, 0) is 9.53 Å². The Kier molecular flexibility index (Phi) is 7.16. The zero-order valence-electron chi connectivity index (χ0n) is 13.9. The van der Waals surface area contributed by atoms with Crippen LogP contribution in [0.25, 0.3) is 0 Å². The van der Waals surface area contributed by atoms with Gasteiger partial charge in [0.05, 0.1) is 12.0 Å². The van der Waals surface area contributed by atoms with Gasteiger partial charge in [-0.15, -0.1) is 11.3 Å². The quantitative estimate of drug-likeness (QED) is 0.560. The molecule has 0 radical (unpaired) electrons. The van der Waals surface area contributed by atoms with Crippen molar-refractivity contribution in [2.24, 2.45) is 0 Å². The monoisotopic (exact) mass is 360 g/mol. The molecule has 2 aromatic rings. The molecule has 25 heavy (non-hydrogen) atoms. The molecule has 2 N–H and O–H groups in total. The molecule has 0 aliphatic carbocycles. The van der Waals surface area contributed by atoms with Crippen molar-refractivity contribution in [3.8, 4) is 0 Å². The van der Waals surface area contributed by atoms with E-state index in [1.54, 1.807) is 30.3 Å². The number of carbonyl (C=O) groups is 3.